The molecule has 1 N–H and O–H groups in total. The maximum absolute atomic E-state index is 12.2. The molecule has 1 fully saturated rings. The van der Waals surface area contributed by atoms with Gasteiger partial charge in [-0.25, -0.2) is 4.90 Å². The molecule has 4 nitrogen and oxygen atoms in total. The highest BCUT2D eigenvalue weighted by Gasteiger charge is 2.51. The minimum absolute atomic E-state index is 0.382. The number of hydrogen-bond acceptors (Lipinski definition) is 4. The molecule has 22 heavy (non-hydrogen) atoms. The normalized spacial score (nSPS) is 26.5. The predicted molar refractivity (Wildman–Crippen MR) is 91.2 cm³/mol. The van der Waals surface area contributed by atoms with Gasteiger partial charge < -0.3 is 10.0 Å². The van der Waals surface area contributed by atoms with Crippen LogP contribution in [0.25, 0.3) is 16.8 Å². The van der Waals surface area contributed by atoms with Crippen molar-refractivity contribution in [3.05, 3.63) is 54.1 Å². The maximum Gasteiger partial charge on any atom is 0.276 e. The second-order valence-electron chi connectivity index (χ2n) is 5.54. The van der Waals surface area contributed by atoms with Crippen LogP contribution in [0.4, 0.5) is 0 Å². The summed E-state index contributed by atoms with van der Waals surface area (Å²) < 4.78 is 0. The second-order valence-corrected chi connectivity index (χ2v) is 6.00. The first-order valence-corrected chi connectivity index (χ1v) is 7.54. The lowest BCUT2D eigenvalue weighted by molar-refractivity contribution is -0.143. The van der Waals surface area contributed by atoms with Crippen LogP contribution in [0.1, 0.15) is 5.56 Å². The summed E-state index contributed by atoms with van der Waals surface area (Å²) in [5.41, 5.74) is -1.18. The van der Waals surface area contributed by atoms with Crippen LogP contribution in [-0.2, 0) is 4.79 Å². The number of carbonyl (C=O) groups is 1. The number of hydrogen-bond donors (Lipinski definition) is 2. The van der Waals surface area contributed by atoms with Crippen molar-refractivity contribution >= 4 is 35.4 Å². The van der Waals surface area contributed by atoms with Crippen LogP contribution < -0.4 is 0 Å². The van der Waals surface area contributed by atoms with E-state index in [1.54, 1.807) is 20.2 Å². The summed E-state index contributed by atoms with van der Waals surface area (Å²) in [4.78, 5) is 15.1. The first-order valence-electron chi connectivity index (χ1n) is 7.02. The smallest absolute Gasteiger partial charge is 0.276 e. The van der Waals surface area contributed by atoms with E-state index >= 15 is 0 Å². The number of nitrogens with zero attached hydrogens (tertiary/aromatic N) is 2. The van der Waals surface area contributed by atoms with Crippen molar-refractivity contribution in [3.8, 4) is 0 Å². The average Bonchev–Trinajstić information content (AvgIpc) is 2.69. The molecule has 2 aromatic carbocycles. The summed E-state index contributed by atoms with van der Waals surface area (Å²) in [6.45, 7) is 0. The van der Waals surface area contributed by atoms with E-state index in [-0.39, 0.29) is 5.91 Å². The topological polar surface area (TPSA) is 43.8 Å². The van der Waals surface area contributed by atoms with Gasteiger partial charge in [-0.2, -0.15) is 0 Å². The monoisotopic (exact) mass is 314 g/mol. The Morgan fingerprint density at radius 2 is 1.86 bits per heavy atom. The Kier molecular flexibility index (Phi) is 3.72. The van der Waals surface area contributed by atoms with Crippen molar-refractivity contribution < 1.29 is 9.90 Å². The van der Waals surface area contributed by atoms with Crippen LogP contribution >= 0.6 is 12.6 Å². The maximum atomic E-state index is 12.2. The molecule has 114 valence electrons. The van der Waals surface area contributed by atoms with E-state index in [1.807, 2.05) is 42.5 Å². The molecular weight excluding hydrogens is 296 g/mol. The summed E-state index contributed by atoms with van der Waals surface area (Å²) in [7, 11) is 3.29. The lowest BCUT2D eigenvalue weighted by Gasteiger charge is -2.25. The molecule has 2 atom stereocenters. The molecule has 1 aliphatic rings. The highest BCUT2D eigenvalue weighted by molar-refractivity contribution is 7.80. The Labute approximate surface area is 135 Å². The molecule has 0 aromatic heterocycles. The number of rotatable bonds is 2. The van der Waals surface area contributed by atoms with Gasteiger partial charge in [-0.05, 0) is 35.5 Å². The van der Waals surface area contributed by atoms with Crippen LogP contribution in [0, 0.1) is 0 Å². The largest absolute Gasteiger partial charge is 0.364 e. The molecule has 0 aliphatic carbocycles. The summed E-state index contributed by atoms with van der Waals surface area (Å²) in [6.07, 6.45) is 3.28. The summed E-state index contributed by atoms with van der Waals surface area (Å²) in [5.74, 6) is -0.382. The van der Waals surface area contributed by atoms with Gasteiger partial charge >= 0.3 is 0 Å². The van der Waals surface area contributed by atoms with Crippen molar-refractivity contribution in [2.24, 2.45) is 0 Å². The van der Waals surface area contributed by atoms with Gasteiger partial charge in [0, 0.05) is 7.05 Å². The fourth-order valence-corrected chi connectivity index (χ4v) is 2.94. The molecule has 2 unspecified atom stereocenters. The minimum Gasteiger partial charge on any atom is -0.364 e. The van der Waals surface area contributed by atoms with Crippen molar-refractivity contribution in [3.63, 3.8) is 0 Å². The molecular formula is C17H18N2O2S. The first-order chi connectivity index (χ1) is 10.4. The third-order valence-electron chi connectivity index (χ3n) is 4.15. The molecule has 0 saturated carbocycles. The van der Waals surface area contributed by atoms with Crippen LogP contribution in [0.2, 0.25) is 0 Å². The van der Waals surface area contributed by atoms with Crippen molar-refractivity contribution in [2.45, 2.75) is 11.2 Å². The Morgan fingerprint density at radius 3 is 2.50 bits per heavy atom. The molecule has 0 bridgehead atoms. The van der Waals surface area contributed by atoms with E-state index in [4.69, 9.17) is 0 Å². The van der Waals surface area contributed by atoms with Crippen molar-refractivity contribution in [1.82, 2.24) is 9.80 Å². The minimum atomic E-state index is -1.66. The van der Waals surface area contributed by atoms with Gasteiger partial charge in [0.05, 0.1) is 0 Å². The highest BCUT2D eigenvalue weighted by atomic mass is 32.1. The number of likely N-dealkylation sites (N-methyl/N-ethyl adjacent to an activating group) is 2. The number of aliphatic hydroxyl groups is 1. The highest BCUT2D eigenvalue weighted by Crippen LogP contribution is 2.30. The van der Waals surface area contributed by atoms with Gasteiger partial charge in [0.15, 0.2) is 0 Å². The standard InChI is InChI=1S/C17H18N2O2S/c1-18-15(20)17(21,19(2)16(18)22)10-9-12-7-8-13-5-3-4-6-14(13)11-12/h3-11,16,21-22H,1-2H3/b10-9+. The van der Waals surface area contributed by atoms with Crippen LogP contribution in [0.15, 0.2) is 48.5 Å². The molecule has 1 heterocycles. The first kappa shape index (κ1) is 15.1. The van der Waals surface area contributed by atoms with E-state index < -0.39 is 11.2 Å². The van der Waals surface area contributed by atoms with Crippen LogP contribution in [-0.4, -0.2) is 46.1 Å². The number of amides is 1. The summed E-state index contributed by atoms with van der Waals surface area (Å²) in [6, 6.07) is 14.1. The zero-order valence-corrected chi connectivity index (χ0v) is 13.4. The second kappa shape index (κ2) is 5.43. The third kappa shape index (κ3) is 2.31. The average molecular weight is 314 g/mol. The fraction of sp³-hybridized carbons (Fsp3) is 0.235. The van der Waals surface area contributed by atoms with Crippen LogP contribution in [0.3, 0.4) is 0 Å². The number of thiol groups is 1. The SMILES string of the molecule is CN1C(=O)C(O)(/C=C/c2ccc3ccccc3c2)N(C)C1S. The molecule has 3 rings (SSSR count). The van der Waals surface area contributed by atoms with Crippen molar-refractivity contribution in [2.75, 3.05) is 14.1 Å². The van der Waals surface area contributed by atoms with E-state index in [0.29, 0.717) is 0 Å². The van der Waals surface area contributed by atoms with E-state index in [0.717, 1.165) is 16.3 Å². The molecule has 1 saturated heterocycles. The quantitative estimate of drug-likeness (QED) is 0.835. The lowest BCUT2D eigenvalue weighted by Crippen LogP contribution is -2.46. The molecule has 0 spiro atoms. The van der Waals surface area contributed by atoms with E-state index in [1.165, 1.54) is 15.9 Å². The van der Waals surface area contributed by atoms with Crippen LogP contribution in [0.5, 0.6) is 0 Å². The van der Waals surface area contributed by atoms with Gasteiger partial charge in [-0.15, -0.1) is 12.6 Å². The number of fused-ring (bicyclic) bond motifs is 1. The van der Waals surface area contributed by atoms with Gasteiger partial charge in [0.2, 0.25) is 5.72 Å². The fourth-order valence-electron chi connectivity index (χ4n) is 2.66. The summed E-state index contributed by atoms with van der Waals surface area (Å²) in [5, 5.41) is 12.9. The van der Waals surface area contributed by atoms with Crippen molar-refractivity contribution in [1.29, 1.82) is 0 Å². The molecule has 1 aliphatic heterocycles. The predicted octanol–water partition coefficient (Wildman–Crippen LogP) is 2.16. The third-order valence-corrected chi connectivity index (χ3v) is 4.84. The Balaban J connectivity index is 1.93. The van der Waals surface area contributed by atoms with Gasteiger partial charge in [-0.1, -0.05) is 42.5 Å². The van der Waals surface area contributed by atoms with Gasteiger partial charge in [-0.3, -0.25) is 4.79 Å². The zero-order valence-electron chi connectivity index (χ0n) is 12.5. The van der Waals surface area contributed by atoms with Gasteiger partial charge in [0.1, 0.15) is 5.50 Å². The Bertz CT molecular complexity index is 761. The molecule has 2 aromatic rings. The number of benzene rings is 2. The Morgan fingerprint density at radius 1 is 1.18 bits per heavy atom. The molecule has 5 heteroatoms. The number of carbonyl (C=O) groups excluding carboxylic acids is 1. The lowest BCUT2D eigenvalue weighted by atomic mass is 10.1. The molecule has 1 amide bonds. The zero-order chi connectivity index (χ0) is 15.9. The Hall–Kier alpha value is -1.82. The molecule has 0 radical (unpaired) electrons. The van der Waals surface area contributed by atoms with Gasteiger partial charge in [0.25, 0.3) is 5.91 Å². The van der Waals surface area contributed by atoms with E-state index in [9.17, 15) is 9.90 Å². The van der Waals surface area contributed by atoms with E-state index in [2.05, 4.69) is 12.6 Å². The summed E-state index contributed by atoms with van der Waals surface area (Å²) >= 11 is 4.32.